The molecule has 5 heteroatoms. The molecule has 2 heterocycles. The smallest absolute Gasteiger partial charge is 0.0997 e. The summed E-state index contributed by atoms with van der Waals surface area (Å²) in [5.74, 6) is 0. The largest absolute Gasteiger partial charge is 0.354 e. The first kappa shape index (κ1) is 13.2. The number of thioether (sulfide) groups is 4. The van der Waals surface area contributed by atoms with Crippen LogP contribution in [0.4, 0.5) is 0 Å². The van der Waals surface area contributed by atoms with Gasteiger partial charge in [0.2, 0.25) is 0 Å². The van der Waals surface area contributed by atoms with Gasteiger partial charge in [-0.05, 0) is 24.3 Å². The van der Waals surface area contributed by atoms with Gasteiger partial charge in [-0.2, -0.15) is 0 Å². The fraction of sp³-hybridized carbons (Fsp3) is 0.0667. The van der Waals surface area contributed by atoms with Crippen molar-refractivity contribution < 1.29 is 5.73 Å². The number of benzene rings is 2. The molecular weight excluding hydrogens is 322 g/mol. The topological polar surface area (TPSA) is 27.6 Å². The molecule has 2 aromatic carbocycles. The quantitative estimate of drug-likeness (QED) is 0.821. The Morgan fingerprint density at radius 3 is 1.85 bits per heavy atom. The van der Waals surface area contributed by atoms with Crippen LogP contribution in [0.15, 0.2) is 70.5 Å². The van der Waals surface area contributed by atoms with Crippen molar-refractivity contribution in [3.05, 3.63) is 56.5 Å². The average molecular weight is 335 g/mol. The Labute approximate surface area is 135 Å². The van der Waals surface area contributed by atoms with Crippen molar-refractivity contribution in [1.82, 2.24) is 0 Å². The molecule has 2 aliphatic heterocycles. The zero-order chi connectivity index (χ0) is 13.5. The summed E-state index contributed by atoms with van der Waals surface area (Å²) in [6, 6.07) is 15.4. The van der Waals surface area contributed by atoms with Crippen LogP contribution in [0, 0.1) is 0 Å². The minimum atomic E-state index is 0.860. The van der Waals surface area contributed by atoms with Crippen LogP contribution in [0.5, 0.6) is 0 Å². The monoisotopic (exact) mass is 334 g/mol. The molecule has 1 nitrogen and oxygen atoms in total. The van der Waals surface area contributed by atoms with Gasteiger partial charge in [0.05, 0.1) is 15.0 Å². The van der Waals surface area contributed by atoms with Crippen LogP contribution >= 0.6 is 47.0 Å². The fourth-order valence-corrected chi connectivity index (χ4v) is 7.45. The van der Waals surface area contributed by atoms with E-state index in [1.807, 2.05) is 47.0 Å². The lowest BCUT2D eigenvalue weighted by molar-refractivity contribution is -0.386. The molecule has 0 saturated carbocycles. The summed E-state index contributed by atoms with van der Waals surface area (Å²) in [7, 11) is 0. The normalized spacial score (nSPS) is 16.4. The maximum Gasteiger partial charge on any atom is 0.0997 e. The molecule has 0 atom stereocenters. The van der Waals surface area contributed by atoms with Gasteiger partial charge in [0.15, 0.2) is 0 Å². The van der Waals surface area contributed by atoms with E-state index in [4.69, 9.17) is 0 Å². The average Bonchev–Trinajstić information content (AvgIpc) is 3.09. The van der Waals surface area contributed by atoms with E-state index >= 15 is 0 Å². The van der Waals surface area contributed by atoms with Gasteiger partial charge >= 0.3 is 0 Å². The van der Waals surface area contributed by atoms with Gasteiger partial charge in [0.1, 0.15) is 0 Å². The van der Waals surface area contributed by atoms with Crippen LogP contribution in [0.2, 0.25) is 0 Å². The maximum absolute atomic E-state index is 3.97. The Kier molecular flexibility index (Phi) is 3.56. The van der Waals surface area contributed by atoms with Gasteiger partial charge in [-0.1, -0.05) is 65.2 Å². The Hall–Kier alpha value is -0.460. The summed E-state index contributed by atoms with van der Waals surface area (Å²) >= 11 is 7.62. The van der Waals surface area contributed by atoms with Crippen molar-refractivity contribution in [2.45, 2.75) is 26.1 Å². The molecule has 0 bridgehead atoms. The minimum absolute atomic E-state index is 0.860. The Morgan fingerprint density at radius 1 is 0.700 bits per heavy atom. The van der Waals surface area contributed by atoms with E-state index in [1.54, 1.807) is 0 Å². The molecule has 100 valence electrons. The number of hydrogen-bond acceptors (Lipinski definition) is 4. The summed E-state index contributed by atoms with van der Waals surface area (Å²) in [4.78, 5) is 5.54. The molecule has 0 aromatic heterocycles. The Bertz CT molecular complexity index is 697. The van der Waals surface area contributed by atoms with Crippen LogP contribution < -0.4 is 5.73 Å². The summed E-state index contributed by atoms with van der Waals surface area (Å²) < 4.78 is 2.85. The lowest BCUT2D eigenvalue weighted by Gasteiger charge is -1.98. The van der Waals surface area contributed by atoms with Crippen molar-refractivity contribution >= 4 is 47.0 Å². The van der Waals surface area contributed by atoms with Gasteiger partial charge in [-0.3, -0.25) is 0 Å². The van der Waals surface area contributed by atoms with Gasteiger partial charge in [0.25, 0.3) is 0 Å². The van der Waals surface area contributed by atoms with Crippen LogP contribution in [0.1, 0.15) is 5.56 Å². The molecule has 3 N–H and O–H groups in total. The zero-order valence-corrected chi connectivity index (χ0v) is 13.9. The molecule has 0 saturated heterocycles. The number of hydrogen-bond donors (Lipinski definition) is 1. The maximum atomic E-state index is 3.97. The molecule has 0 aliphatic carbocycles. The number of quaternary nitrogens is 1. The van der Waals surface area contributed by atoms with Crippen LogP contribution in [0.25, 0.3) is 0 Å². The fourth-order valence-electron chi connectivity index (χ4n) is 2.10. The second-order valence-electron chi connectivity index (χ2n) is 4.46. The predicted molar refractivity (Wildman–Crippen MR) is 89.9 cm³/mol. The molecule has 2 aromatic rings. The lowest BCUT2D eigenvalue weighted by atomic mass is 10.2. The highest BCUT2D eigenvalue weighted by Gasteiger charge is 2.26. The van der Waals surface area contributed by atoms with E-state index in [0.717, 1.165) is 6.54 Å². The van der Waals surface area contributed by atoms with Gasteiger partial charge in [-0.25, -0.2) is 0 Å². The molecule has 4 rings (SSSR count). The third-order valence-electron chi connectivity index (χ3n) is 3.12. The lowest BCUT2D eigenvalue weighted by Crippen LogP contribution is -2.47. The number of fused-ring (bicyclic) bond motifs is 2. The van der Waals surface area contributed by atoms with E-state index in [0.29, 0.717) is 0 Å². The molecule has 0 spiro atoms. The van der Waals surface area contributed by atoms with Gasteiger partial charge in [0, 0.05) is 25.1 Å². The van der Waals surface area contributed by atoms with E-state index < -0.39 is 0 Å². The van der Waals surface area contributed by atoms with E-state index in [9.17, 15) is 0 Å². The second-order valence-corrected chi connectivity index (χ2v) is 9.19. The van der Waals surface area contributed by atoms with Crippen LogP contribution in [-0.2, 0) is 6.54 Å². The third-order valence-corrected chi connectivity index (χ3v) is 8.74. The van der Waals surface area contributed by atoms with E-state index in [2.05, 4.69) is 48.2 Å². The zero-order valence-electron chi connectivity index (χ0n) is 10.6. The Balaban J connectivity index is 1.66. The summed E-state index contributed by atoms with van der Waals surface area (Å²) in [5.41, 5.74) is 5.29. The highest BCUT2D eigenvalue weighted by molar-refractivity contribution is 8.30. The summed E-state index contributed by atoms with van der Waals surface area (Å²) in [5, 5.41) is 0. The molecule has 0 fully saturated rings. The van der Waals surface area contributed by atoms with Crippen LogP contribution in [0.3, 0.4) is 0 Å². The minimum Gasteiger partial charge on any atom is -0.354 e. The highest BCUT2D eigenvalue weighted by atomic mass is 32.2. The molecule has 0 unspecified atom stereocenters. The SMILES string of the molecule is [NH3+]Cc1ccc2c(c1)SC(=C1Sc3ccccc3S1)S2. The molecule has 20 heavy (non-hydrogen) atoms. The van der Waals surface area contributed by atoms with Crippen molar-refractivity contribution in [3.63, 3.8) is 0 Å². The molecule has 2 aliphatic rings. The first-order valence-electron chi connectivity index (χ1n) is 6.30. The summed E-state index contributed by atoms with van der Waals surface area (Å²) in [6.07, 6.45) is 0. The van der Waals surface area contributed by atoms with E-state index in [-0.39, 0.29) is 0 Å². The first-order chi connectivity index (χ1) is 9.83. The standard InChI is InChI=1S/C15H11NS4/c16-8-9-5-6-12-13(7-9)20-15(19-12)14-17-10-3-1-2-4-11(10)18-14/h1-7H,8,16H2/p+1. The Morgan fingerprint density at radius 2 is 1.25 bits per heavy atom. The van der Waals surface area contributed by atoms with Gasteiger partial charge in [-0.15, -0.1) is 0 Å². The molecular formula is C15H12NS4+. The highest BCUT2D eigenvalue weighted by Crippen LogP contribution is 2.61. The molecule has 0 radical (unpaired) electrons. The molecule has 0 amide bonds. The van der Waals surface area contributed by atoms with Gasteiger partial charge < -0.3 is 5.73 Å². The predicted octanol–water partition coefficient (Wildman–Crippen LogP) is 4.65. The van der Waals surface area contributed by atoms with Crippen molar-refractivity contribution in [1.29, 1.82) is 0 Å². The van der Waals surface area contributed by atoms with Crippen molar-refractivity contribution in [3.8, 4) is 0 Å². The third kappa shape index (κ3) is 2.31. The van der Waals surface area contributed by atoms with Crippen molar-refractivity contribution in [2.24, 2.45) is 0 Å². The second kappa shape index (κ2) is 5.39. The number of rotatable bonds is 1. The summed E-state index contributed by atoms with van der Waals surface area (Å²) in [6.45, 7) is 0.860. The first-order valence-corrected chi connectivity index (χ1v) is 9.57. The van der Waals surface area contributed by atoms with Crippen molar-refractivity contribution in [2.75, 3.05) is 0 Å². The van der Waals surface area contributed by atoms with E-state index in [1.165, 1.54) is 33.6 Å². The van der Waals surface area contributed by atoms with Crippen LogP contribution in [-0.4, -0.2) is 0 Å².